The monoisotopic (exact) mass is 190 g/mol. The second kappa shape index (κ2) is 8.44. The molecule has 0 aromatic rings. The minimum absolute atomic E-state index is 0.422. The fourth-order valence-electron chi connectivity index (χ4n) is 0.853. The summed E-state index contributed by atoms with van der Waals surface area (Å²) >= 11 is 0. The minimum atomic E-state index is 0.422. The Morgan fingerprint density at radius 1 is 1.31 bits per heavy atom. The number of likely N-dealkylation sites (N-methyl/N-ethyl adjacent to an activating group) is 1. The van der Waals surface area contributed by atoms with Crippen LogP contribution in [0.5, 0.6) is 0 Å². The Morgan fingerprint density at radius 2 is 2.00 bits per heavy atom. The molecular formula is C9H22N2O2. The van der Waals surface area contributed by atoms with E-state index in [0.717, 1.165) is 13.2 Å². The normalized spacial score (nSPS) is 13.6. The lowest BCUT2D eigenvalue weighted by molar-refractivity contribution is 0.0564. The molecule has 0 aliphatic carbocycles. The van der Waals surface area contributed by atoms with Gasteiger partial charge in [-0.2, -0.15) is 0 Å². The molecule has 4 heteroatoms. The lowest BCUT2D eigenvalue weighted by Crippen LogP contribution is -2.37. The van der Waals surface area contributed by atoms with Gasteiger partial charge in [0, 0.05) is 26.2 Å². The Bertz CT molecular complexity index is 112. The molecule has 0 bridgehead atoms. The number of hydrogen-bond donors (Lipinski definition) is 1. The first-order valence-electron chi connectivity index (χ1n) is 4.69. The van der Waals surface area contributed by atoms with Gasteiger partial charge in [-0.05, 0) is 14.0 Å². The predicted molar refractivity (Wildman–Crippen MR) is 53.8 cm³/mol. The summed E-state index contributed by atoms with van der Waals surface area (Å²) < 4.78 is 10.2. The quantitative estimate of drug-likeness (QED) is 0.544. The molecule has 1 atom stereocenters. The van der Waals surface area contributed by atoms with Gasteiger partial charge in [0.25, 0.3) is 0 Å². The summed E-state index contributed by atoms with van der Waals surface area (Å²) in [6.07, 6.45) is 0. The number of rotatable bonds is 8. The van der Waals surface area contributed by atoms with Crippen LogP contribution in [0.2, 0.25) is 0 Å². The highest BCUT2D eigenvalue weighted by molar-refractivity contribution is 4.62. The number of nitrogens with two attached hydrogens (primary N) is 1. The van der Waals surface area contributed by atoms with E-state index in [1.807, 2.05) is 0 Å². The molecule has 0 aromatic carbocycles. The van der Waals surface area contributed by atoms with E-state index in [9.17, 15) is 0 Å². The van der Waals surface area contributed by atoms with Crippen molar-refractivity contribution in [1.82, 2.24) is 4.90 Å². The molecule has 0 aliphatic rings. The first-order chi connectivity index (χ1) is 6.22. The molecule has 0 fully saturated rings. The number of nitrogens with zero attached hydrogens (tertiary/aromatic N) is 1. The Kier molecular flexibility index (Phi) is 8.33. The van der Waals surface area contributed by atoms with Crippen molar-refractivity contribution in [2.75, 3.05) is 47.1 Å². The average molecular weight is 190 g/mol. The maximum absolute atomic E-state index is 5.52. The Labute approximate surface area is 81.0 Å². The van der Waals surface area contributed by atoms with Crippen molar-refractivity contribution in [3.63, 3.8) is 0 Å². The average Bonchev–Trinajstić information content (AvgIpc) is 2.16. The van der Waals surface area contributed by atoms with Crippen molar-refractivity contribution in [1.29, 1.82) is 0 Å². The van der Waals surface area contributed by atoms with E-state index in [2.05, 4.69) is 18.9 Å². The Hall–Kier alpha value is -0.160. The highest BCUT2D eigenvalue weighted by atomic mass is 16.5. The van der Waals surface area contributed by atoms with Crippen molar-refractivity contribution in [3.05, 3.63) is 0 Å². The maximum Gasteiger partial charge on any atom is 0.0700 e. The third kappa shape index (κ3) is 6.95. The molecule has 0 radical (unpaired) electrons. The van der Waals surface area contributed by atoms with Crippen LogP contribution in [-0.2, 0) is 9.47 Å². The fraction of sp³-hybridized carbons (Fsp3) is 1.00. The van der Waals surface area contributed by atoms with Crippen LogP contribution in [-0.4, -0.2) is 58.0 Å². The second-order valence-electron chi connectivity index (χ2n) is 3.17. The summed E-state index contributed by atoms with van der Waals surface area (Å²) in [5, 5.41) is 0. The summed E-state index contributed by atoms with van der Waals surface area (Å²) in [5.41, 5.74) is 5.52. The maximum atomic E-state index is 5.52. The van der Waals surface area contributed by atoms with E-state index < -0.39 is 0 Å². The SMILES string of the molecule is COCCOCCN(C)C(C)CN. The van der Waals surface area contributed by atoms with E-state index in [1.54, 1.807) is 7.11 Å². The van der Waals surface area contributed by atoms with Crippen LogP contribution in [0.1, 0.15) is 6.92 Å². The van der Waals surface area contributed by atoms with E-state index in [-0.39, 0.29) is 0 Å². The second-order valence-corrected chi connectivity index (χ2v) is 3.17. The zero-order chi connectivity index (χ0) is 10.1. The zero-order valence-electron chi connectivity index (χ0n) is 8.95. The van der Waals surface area contributed by atoms with Crippen molar-refractivity contribution in [2.45, 2.75) is 13.0 Å². The van der Waals surface area contributed by atoms with Gasteiger partial charge >= 0.3 is 0 Å². The summed E-state index contributed by atoms with van der Waals surface area (Å²) in [4.78, 5) is 2.19. The molecule has 2 N–H and O–H groups in total. The molecule has 0 aliphatic heterocycles. The van der Waals surface area contributed by atoms with Gasteiger partial charge < -0.3 is 20.1 Å². The van der Waals surface area contributed by atoms with Crippen molar-refractivity contribution in [3.8, 4) is 0 Å². The van der Waals surface area contributed by atoms with E-state index >= 15 is 0 Å². The molecule has 0 saturated carbocycles. The van der Waals surface area contributed by atoms with E-state index in [0.29, 0.717) is 25.8 Å². The lowest BCUT2D eigenvalue weighted by Gasteiger charge is -2.22. The molecule has 0 spiro atoms. The van der Waals surface area contributed by atoms with Gasteiger partial charge in [-0.15, -0.1) is 0 Å². The standard InChI is InChI=1S/C9H22N2O2/c1-9(8-10)11(2)4-5-13-7-6-12-3/h9H,4-8,10H2,1-3H3. The van der Waals surface area contributed by atoms with E-state index in [4.69, 9.17) is 15.2 Å². The molecule has 0 rings (SSSR count). The lowest BCUT2D eigenvalue weighted by atomic mass is 10.3. The first kappa shape index (κ1) is 12.8. The van der Waals surface area contributed by atoms with Crippen LogP contribution in [0.15, 0.2) is 0 Å². The van der Waals surface area contributed by atoms with Gasteiger partial charge in [-0.1, -0.05) is 0 Å². The van der Waals surface area contributed by atoms with Crippen molar-refractivity contribution in [2.24, 2.45) is 5.73 Å². The van der Waals surface area contributed by atoms with E-state index in [1.165, 1.54) is 0 Å². The Balaban J connectivity index is 3.21. The molecule has 80 valence electrons. The van der Waals surface area contributed by atoms with Crippen LogP contribution in [0.4, 0.5) is 0 Å². The molecule has 0 aromatic heterocycles. The van der Waals surface area contributed by atoms with Crippen LogP contribution < -0.4 is 5.73 Å². The van der Waals surface area contributed by atoms with Gasteiger partial charge in [0.2, 0.25) is 0 Å². The number of hydrogen-bond acceptors (Lipinski definition) is 4. The first-order valence-corrected chi connectivity index (χ1v) is 4.69. The molecule has 0 saturated heterocycles. The van der Waals surface area contributed by atoms with Gasteiger partial charge in [0.05, 0.1) is 19.8 Å². The van der Waals surface area contributed by atoms with Gasteiger partial charge in [0.1, 0.15) is 0 Å². The third-order valence-electron chi connectivity index (χ3n) is 2.11. The van der Waals surface area contributed by atoms with Gasteiger partial charge in [-0.3, -0.25) is 0 Å². The van der Waals surface area contributed by atoms with Crippen LogP contribution >= 0.6 is 0 Å². The highest BCUT2D eigenvalue weighted by Gasteiger charge is 2.05. The van der Waals surface area contributed by atoms with Crippen LogP contribution in [0.3, 0.4) is 0 Å². The molecule has 0 heterocycles. The largest absolute Gasteiger partial charge is 0.382 e. The summed E-state index contributed by atoms with van der Waals surface area (Å²) in [5.74, 6) is 0. The fourth-order valence-corrected chi connectivity index (χ4v) is 0.853. The van der Waals surface area contributed by atoms with Gasteiger partial charge in [0.15, 0.2) is 0 Å². The number of methoxy groups -OCH3 is 1. The molecule has 13 heavy (non-hydrogen) atoms. The number of ether oxygens (including phenoxy) is 2. The van der Waals surface area contributed by atoms with Gasteiger partial charge in [-0.25, -0.2) is 0 Å². The van der Waals surface area contributed by atoms with Crippen LogP contribution in [0.25, 0.3) is 0 Å². The highest BCUT2D eigenvalue weighted by Crippen LogP contribution is 1.92. The zero-order valence-corrected chi connectivity index (χ0v) is 8.95. The summed E-state index contributed by atoms with van der Waals surface area (Å²) in [6, 6.07) is 0.422. The predicted octanol–water partition coefficient (Wildman–Crippen LogP) is -0.0716. The minimum Gasteiger partial charge on any atom is -0.382 e. The van der Waals surface area contributed by atoms with Crippen LogP contribution in [0, 0.1) is 0 Å². The molecular weight excluding hydrogens is 168 g/mol. The molecule has 1 unspecified atom stereocenters. The van der Waals surface area contributed by atoms with Crippen molar-refractivity contribution >= 4 is 0 Å². The summed E-state index contributed by atoms with van der Waals surface area (Å²) in [6.45, 7) is 5.79. The smallest absolute Gasteiger partial charge is 0.0700 e. The third-order valence-corrected chi connectivity index (χ3v) is 2.11. The van der Waals surface area contributed by atoms with Crippen molar-refractivity contribution < 1.29 is 9.47 Å². The topological polar surface area (TPSA) is 47.7 Å². The molecule has 0 amide bonds. The Morgan fingerprint density at radius 3 is 2.54 bits per heavy atom. The summed E-state index contributed by atoms with van der Waals surface area (Å²) in [7, 11) is 3.73. The molecule has 4 nitrogen and oxygen atoms in total.